The first-order valence-electron chi connectivity index (χ1n) is 8.62. The van der Waals surface area contributed by atoms with Gasteiger partial charge in [0.25, 0.3) is 0 Å². The second kappa shape index (κ2) is 7.47. The van der Waals surface area contributed by atoms with Crippen LogP contribution in [0.1, 0.15) is 30.5 Å². The summed E-state index contributed by atoms with van der Waals surface area (Å²) in [6.45, 7) is 6.96. The topological polar surface area (TPSA) is 59.6 Å². The van der Waals surface area contributed by atoms with E-state index in [-0.39, 0.29) is 12.1 Å². The first-order chi connectivity index (χ1) is 12.0. The van der Waals surface area contributed by atoms with E-state index >= 15 is 0 Å². The van der Waals surface area contributed by atoms with E-state index in [4.69, 9.17) is 9.47 Å². The lowest BCUT2D eigenvalue weighted by Crippen LogP contribution is -2.28. The Balaban J connectivity index is 1.66. The van der Waals surface area contributed by atoms with Crippen LogP contribution >= 0.6 is 0 Å². The Bertz CT molecular complexity index is 756. The van der Waals surface area contributed by atoms with Crippen molar-refractivity contribution < 1.29 is 14.3 Å². The Labute approximate surface area is 148 Å². The van der Waals surface area contributed by atoms with Crippen molar-refractivity contribution in [2.24, 2.45) is 0 Å². The van der Waals surface area contributed by atoms with Gasteiger partial charge in [-0.15, -0.1) is 0 Å². The molecular weight excluding hydrogens is 316 g/mol. The fourth-order valence-electron chi connectivity index (χ4n) is 2.90. The van der Waals surface area contributed by atoms with E-state index in [1.807, 2.05) is 57.2 Å². The van der Waals surface area contributed by atoms with Crippen molar-refractivity contribution in [3.8, 4) is 11.5 Å². The Morgan fingerprint density at radius 2 is 2.04 bits per heavy atom. The lowest BCUT2D eigenvalue weighted by molar-refractivity contribution is 0.250. The quantitative estimate of drug-likeness (QED) is 0.863. The van der Waals surface area contributed by atoms with Crippen LogP contribution in [0.25, 0.3) is 0 Å². The van der Waals surface area contributed by atoms with Gasteiger partial charge in [0.1, 0.15) is 17.6 Å². The smallest absolute Gasteiger partial charge is 0.319 e. The third-order valence-electron chi connectivity index (χ3n) is 4.13. The third-order valence-corrected chi connectivity index (χ3v) is 4.13. The van der Waals surface area contributed by atoms with Crippen molar-refractivity contribution in [3.63, 3.8) is 0 Å². The number of aryl methyl sites for hydroxylation is 1. The van der Waals surface area contributed by atoms with Gasteiger partial charge in [-0.25, -0.2) is 4.79 Å². The van der Waals surface area contributed by atoms with E-state index in [0.717, 1.165) is 40.3 Å². The minimum atomic E-state index is -0.249. The predicted molar refractivity (Wildman–Crippen MR) is 98.4 cm³/mol. The van der Waals surface area contributed by atoms with Crippen molar-refractivity contribution in [1.29, 1.82) is 0 Å². The molecule has 1 heterocycles. The van der Waals surface area contributed by atoms with Gasteiger partial charge in [0, 0.05) is 29.8 Å². The Morgan fingerprint density at radius 1 is 1.28 bits per heavy atom. The molecule has 0 spiro atoms. The highest BCUT2D eigenvalue weighted by Gasteiger charge is 2.22. The number of carbonyl (C=O) groups excluding carboxylic acids is 1. The summed E-state index contributed by atoms with van der Waals surface area (Å²) in [6.07, 6.45) is 1.06. The van der Waals surface area contributed by atoms with Crippen LogP contribution in [0, 0.1) is 6.92 Å². The predicted octanol–water partition coefficient (Wildman–Crippen LogP) is 4.04. The van der Waals surface area contributed by atoms with E-state index < -0.39 is 0 Å². The van der Waals surface area contributed by atoms with Gasteiger partial charge in [0.15, 0.2) is 0 Å². The number of rotatable bonds is 5. The van der Waals surface area contributed by atoms with Gasteiger partial charge < -0.3 is 20.1 Å². The summed E-state index contributed by atoms with van der Waals surface area (Å²) >= 11 is 0. The number of hydrogen-bond acceptors (Lipinski definition) is 3. The van der Waals surface area contributed by atoms with Crippen molar-refractivity contribution in [2.45, 2.75) is 39.8 Å². The van der Waals surface area contributed by atoms with E-state index in [9.17, 15) is 4.79 Å². The molecule has 0 aliphatic carbocycles. The normalized spacial score (nSPS) is 15.2. The van der Waals surface area contributed by atoms with Gasteiger partial charge in [-0.1, -0.05) is 17.7 Å². The van der Waals surface area contributed by atoms with Crippen LogP contribution in [0.4, 0.5) is 10.5 Å². The molecule has 5 nitrogen and oxygen atoms in total. The Hall–Kier alpha value is -2.69. The summed E-state index contributed by atoms with van der Waals surface area (Å²) in [5.41, 5.74) is 3.98. The highest BCUT2D eigenvalue weighted by atomic mass is 16.5. The van der Waals surface area contributed by atoms with Crippen LogP contribution in [0.15, 0.2) is 36.4 Å². The minimum Gasteiger partial charge on any atom is -0.494 e. The van der Waals surface area contributed by atoms with Gasteiger partial charge >= 0.3 is 6.03 Å². The highest BCUT2D eigenvalue weighted by molar-refractivity contribution is 5.89. The van der Waals surface area contributed by atoms with Crippen LogP contribution in [0.5, 0.6) is 11.5 Å². The van der Waals surface area contributed by atoms with Crippen LogP contribution < -0.4 is 20.1 Å². The SMILES string of the molecule is CCOc1cc2c(cc1CNC(=O)Nc1ccc(C)cc1)OC(C)C2. The zero-order valence-electron chi connectivity index (χ0n) is 14.9. The number of urea groups is 1. The Morgan fingerprint density at radius 3 is 2.76 bits per heavy atom. The molecule has 0 aromatic heterocycles. The van der Waals surface area contributed by atoms with E-state index in [1.165, 1.54) is 0 Å². The lowest BCUT2D eigenvalue weighted by Gasteiger charge is -2.14. The zero-order chi connectivity index (χ0) is 17.8. The molecule has 2 amide bonds. The number of nitrogens with one attached hydrogen (secondary N) is 2. The molecule has 0 saturated heterocycles. The lowest BCUT2D eigenvalue weighted by atomic mass is 10.1. The van der Waals surface area contributed by atoms with Gasteiger partial charge in [0.2, 0.25) is 0 Å². The summed E-state index contributed by atoms with van der Waals surface area (Å²) in [7, 11) is 0. The van der Waals surface area contributed by atoms with E-state index in [2.05, 4.69) is 10.6 Å². The average molecular weight is 340 g/mol. The number of ether oxygens (including phenoxy) is 2. The molecule has 1 unspecified atom stereocenters. The second-order valence-electron chi connectivity index (χ2n) is 6.31. The molecule has 2 aromatic carbocycles. The van der Waals surface area contributed by atoms with Crippen molar-refractivity contribution in [2.75, 3.05) is 11.9 Å². The standard InChI is InChI=1S/C20H24N2O3/c1-4-24-18-10-15-9-14(3)25-19(15)11-16(18)12-21-20(23)22-17-7-5-13(2)6-8-17/h5-8,10-11,14H,4,9,12H2,1-3H3,(H2,21,22,23). The number of amides is 2. The Kier molecular flexibility index (Phi) is 5.12. The van der Waals surface area contributed by atoms with Crippen molar-refractivity contribution >= 4 is 11.7 Å². The maximum absolute atomic E-state index is 12.1. The molecule has 1 aliphatic heterocycles. The van der Waals surface area contributed by atoms with Crippen molar-refractivity contribution in [1.82, 2.24) is 5.32 Å². The van der Waals surface area contributed by atoms with Crippen LogP contribution in [0.3, 0.4) is 0 Å². The van der Waals surface area contributed by atoms with Gasteiger partial charge in [-0.05, 0) is 45.0 Å². The van der Waals surface area contributed by atoms with Gasteiger partial charge in [-0.3, -0.25) is 0 Å². The van der Waals surface area contributed by atoms with Crippen LogP contribution in [0.2, 0.25) is 0 Å². The molecule has 0 bridgehead atoms. The van der Waals surface area contributed by atoms with E-state index in [0.29, 0.717) is 13.2 Å². The number of benzene rings is 2. The van der Waals surface area contributed by atoms with Crippen LogP contribution in [-0.4, -0.2) is 18.7 Å². The van der Waals surface area contributed by atoms with Crippen LogP contribution in [-0.2, 0) is 13.0 Å². The zero-order valence-corrected chi connectivity index (χ0v) is 14.9. The summed E-state index contributed by atoms with van der Waals surface area (Å²) in [5.74, 6) is 1.68. The van der Waals surface area contributed by atoms with E-state index in [1.54, 1.807) is 0 Å². The number of anilines is 1. The molecule has 1 atom stereocenters. The molecule has 0 radical (unpaired) electrons. The molecule has 0 saturated carbocycles. The first kappa shape index (κ1) is 17.1. The molecule has 2 aromatic rings. The minimum absolute atomic E-state index is 0.178. The maximum Gasteiger partial charge on any atom is 0.319 e. The molecule has 0 fully saturated rings. The molecule has 25 heavy (non-hydrogen) atoms. The highest BCUT2D eigenvalue weighted by Crippen LogP contribution is 2.35. The average Bonchev–Trinajstić information content (AvgIpc) is 2.94. The summed E-state index contributed by atoms with van der Waals surface area (Å²) < 4.78 is 11.5. The molecule has 1 aliphatic rings. The summed E-state index contributed by atoms with van der Waals surface area (Å²) in [6, 6.07) is 11.4. The largest absolute Gasteiger partial charge is 0.494 e. The van der Waals surface area contributed by atoms with Gasteiger partial charge in [-0.2, -0.15) is 0 Å². The maximum atomic E-state index is 12.1. The number of fused-ring (bicyclic) bond motifs is 1. The second-order valence-corrected chi connectivity index (χ2v) is 6.31. The summed E-state index contributed by atoms with van der Waals surface area (Å²) in [5, 5.41) is 5.71. The summed E-state index contributed by atoms with van der Waals surface area (Å²) in [4.78, 5) is 12.1. The molecule has 2 N–H and O–H groups in total. The van der Waals surface area contributed by atoms with Gasteiger partial charge in [0.05, 0.1) is 6.61 Å². The molecule has 5 heteroatoms. The molecule has 3 rings (SSSR count). The number of hydrogen-bond donors (Lipinski definition) is 2. The molecule has 132 valence electrons. The molecular formula is C20H24N2O3. The fourth-order valence-corrected chi connectivity index (χ4v) is 2.90. The first-order valence-corrected chi connectivity index (χ1v) is 8.62. The monoisotopic (exact) mass is 340 g/mol. The fraction of sp³-hybridized carbons (Fsp3) is 0.350. The third kappa shape index (κ3) is 4.24. The number of carbonyl (C=O) groups is 1. The van der Waals surface area contributed by atoms with Crippen molar-refractivity contribution in [3.05, 3.63) is 53.1 Å².